The Labute approximate surface area is 153 Å². The lowest BCUT2D eigenvalue weighted by Crippen LogP contribution is -2.49. The number of carbonyl (C=O) groups excluding carboxylic acids is 1. The molecular formula is C21H24FN3O. The minimum atomic E-state index is -0.250. The van der Waals surface area contributed by atoms with Gasteiger partial charge in [-0.05, 0) is 55.1 Å². The number of likely N-dealkylation sites (tertiary alicyclic amines) is 2. The summed E-state index contributed by atoms with van der Waals surface area (Å²) in [5.41, 5.74) is 1.93. The second kappa shape index (κ2) is 7.16. The summed E-state index contributed by atoms with van der Waals surface area (Å²) in [5.74, 6) is 0.0267. The van der Waals surface area contributed by atoms with E-state index in [4.69, 9.17) is 0 Å². The zero-order valence-corrected chi connectivity index (χ0v) is 14.9. The molecule has 3 heterocycles. The molecule has 1 amide bonds. The van der Waals surface area contributed by atoms with Crippen LogP contribution in [0.1, 0.15) is 30.4 Å². The molecule has 1 aromatic carbocycles. The number of hydrogen-bond donors (Lipinski definition) is 0. The molecule has 2 fully saturated rings. The van der Waals surface area contributed by atoms with Gasteiger partial charge in [-0.3, -0.25) is 14.7 Å². The molecule has 2 aliphatic heterocycles. The van der Waals surface area contributed by atoms with Gasteiger partial charge in [-0.2, -0.15) is 0 Å². The van der Waals surface area contributed by atoms with Crippen LogP contribution in [0.4, 0.5) is 4.39 Å². The predicted molar refractivity (Wildman–Crippen MR) is 97.6 cm³/mol. The van der Waals surface area contributed by atoms with E-state index >= 15 is 0 Å². The minimum absolute atomic E-state index is 0.239. The minimum Gasteiger partial charge on any atom is -0.338 e. The highest BCUT2D eigenvalue weighted by atomic mass is 19.1. The zero-order valence-electron chi connectivity index (χ0n) is 14.9. The number of rotatable bonds is 4. The van der Waals surface area contributed by atoms with Crippen LogP contribution in [-0.4, -0.2) is 40.3 Å². The smallest absolute Gasteiger partial charge is 0.230 e. The van der Waals surface area contributed by atoms with Crippen molar-refractivity contribution in [3.63, 3.8) is 0 Å². The molecule has 0 radical (unpaired) electrons. The van der Waals surface area contributed by atoms with Crippen LogP contribution in [-0.2, 0) is 17.9 Å². The highest BCUT2D eigenvalue weighted by Gasteiger charge is 2.48. The first-order valence-electron chi connectivity index (χ1n) is 9.30. The Morgan fingerprint density at radius 3 is 2.65 bits per heavy atom. The number of hydrogen-bond acceptors (Lipinski definition) is 3. The first-order valence-corrected chi connectivity index (χ1v) is 9.30. The van der Waals surface area contributed by atoms with Gasteiger partial charge in [0.05, 0.1) is 5.41 Å². The summed E-state index contributed by atoms with van der Waals surface area (Å²) in [4.78, 5) is 21.7. The summed E-state index contributed by atoms with van der Waals surface area (Å²) in [6.45, 7) is 3.98. The fourth-order valence-electron chi connectivity index (χ4n) is 4.33. The Morgan fingerprint density at radius 2 is 1.88 bits per heavy atom. The van der Waals surface area contributed by atoms with Crippen LogP contribution in [0, 0.1) is 11.2 Å². The van der Waals surface area contributed by atoms with Gasteiger partial charge in [-0.15, -0.1) is 0 Å². The molecular weight excluding hydrogens is 329 g/mol. The van der Waals surface area contributed by atoms with Gasteiger partial charge in [0.15, 0.2) is 0 Å². The van der Waals surface area contributed by atoms with E-state index in [0.29, 0.717) is 6.54 Å². The summed E-state index contributed by atoms with van der Waals surface area (Å²) in [6, 6.07) is 10.5. The molecule has 0 bridgehead atoms. The summed E-state index contributed by atoms with van der Waals surface area (Å²) >= 11 is 0. The van der Waals surface area contributed by atoms with Crippen molar-refractivity contribution < 1.29 is 9.18 Å². The Hall–Kier alpha value is -2.27. The first-order chi connectivity index (χ1) is 12.6. The Bertz CT molecular complexity index is 765. The average molecular weight is 353 g/mol. The maximum Gasteiger partial charge on any atom is 0.230 e. The van der Waals surface area contributed by atoms with Crippen molar-refractivity contribution in [3.05, 3.63) is 65.7 Å². The van der Waals surface area contributed by atoms with Gasteiger partial charge >= 0.3 is 0 Å². The molecule has 0 N–H and O–H groups in total. The third-order valence-electron chi connectivity index (χ3n) is 5.67. The molecule has 26 heavy (non-hydrogen) atoms. The molecule has 1 spiro atoms. The van der Waals surface area contributed by atoms with Crippen molar-refractivity contribution >= 4 is 5.91 Å². The van der Waals surface area contributed by atoms with Crippen LogP contribution >= 0.6 is 0 Å². The van der Waals surface area contributed by atoms with Crippen molar-refractivity contribution in [1.82, 2.24) is 14.8 Å². The van der Waals surface area contributed by atoms with E-state index in [-0.39, 0.29) is 17.1 Å². The molecule has 0 aliphatic carbocycles. The van der Waals surface area contributed by atoms with E-state index in [1.54, 1.807) is 18.3 Å². The lowest BCUT2D eigenvalue weighted by molar-refractivity contribution is -0.146. The van der Waals surface area contributed by atoms with E-state index in [9.17, 15) is 9.18 Å². The maximum atomic E-state index is 13.2. The van der Waals surface area contributed by atoms with E-state index in [1.165, 1.54) is 17.7 Å². The number of aromatic nitrogens is 1. The first kappa shape index (κ1) is 17.2. The van der Waals surface area contributed by atoms with E-state index in [2.05, 4.69) is 16.0 Å². The molecule has 1 aromatic heterocycles. The number of pyridine rings is 1. The van der Waals surface area contributed by atoms with Crippen LogP contribution < -0.4 is 0 Å². The number of nitrogens with zero attached hydrogens (tertiary/aromatic N) is 3. The van der Waals surface area contributed by atoms with Gasteiger partial charge in [0, 0.05) is 38.6 Å². The van der Waals surface area contributed by atoms with Crippen LogP contribution in [0.5, 0.6) is 0 Å². The number of piperidine rings is 1. The largest absolute Gasteiger partial charge is 0.338 e. The van der Waals surface area contributed by atoms with E-state index < -0.39 is 0 Å². The predicted octanol–water partition coefficient (Wildman–Crippen LogP) is 3.24. The third-order valence-corrected chi connectivity index (χ3v) is 5.67. The van der Waals surface area contributed by atoms with Gasteiger partial charge in [-0.25, -0.2) is 4.39 Å². The van der Waals surface area contributed by atoms with Gasteiger partial charge in [0.2, 0.25) is 5.91 Å². The SMILES string of the molecule is O=C1N(Cc2ccc(F)cc2)CCCC12CCN(Cc1cccnc1)C2. The van der Waals surface area contributed by atoms with Crippen molar-refractivity contribution in [3.8, 4) is 0 Å². The highest BCUT2D eigenvalue weighted by Crippen LogP contribution is 2.40. The highest BCUT2D eigenvalue weighted by molar-refractivity contribution is 5.84. The zero-order chi connectivity index (χ0) is 18.0. The normalized spacial score (nSPS) is 23.7. The molecule has 2 aliphatic rings. The summed E-state index contributed by atoms with van der Waals surface area (Å²) in [6.07, 6.45) is 6.61. The molecule has 2 aromatic rings. The summed E-state index contributed by atoms with van der Waals surface area (Å²) < 4.78 is 13.1. The fraction of sp³-hybridized carbons (Fsp3) is 0.429. The topological polar surface area (TPSA) is 36.4 Å². The maximum absolute atomic E-state index is 13.2. The quantitative estimate of drug-likeness (QED) is 0.847. The summed E-state index contributed by atoms with van der Waals surface area (Å²) in [7, 11) is 0. The van der Waals surface area contributed by atoms with Crippen LogP contribution in [0.3, 0.4) is 0 Å². The van der Waals surface area contributed by atoms with Crippen molar-refractivity contribution in [2.75, 3.05) is 19.6 Å². The lowest BCUT2D eigenvalue weighted by Gasteiger charge is -2.39. The lowest BCUT2D eigenvalue weighted by atomic mass is 9.78. The molecule has 4 rings (SSSR count). The van der Waals surface area contributed by atoms with Gasteiger partial charge < -0.3 is 4.90 Å². The molecule has 1 unspecified atom stereocenters. The van der Waals surface area contributed by atoms with Gasteiger partial charge in [0.25, 0.3) is 0 Å². The standard InChI is InChI=1S/C21H24FN3O/c22-19-6-4-17(5-7-19)15-25-11-2-8-21(20(25)26)9-12-24(16-21)14-18-3-1-10-23-13-18/h1,3-7,10,13H,2,8-9,11-12,14-16H2. The molecule has 4 nitrogen and oxygen atoms in total. The molecule has 1 atom stereocenters. The second-order valence-corrected chi connectivity index (χ2v) is 7.56. The summed E-state index contributed by atoms with van der Waals surface area (Å²) in [5, 5.41) is 0. The van der Waals surface area contributed by atoms with E-state index in [1.807, 2.05) is 17.2 Å². The number of halogens is 1. The van der Waals surface area contributed by atoms with Crippen molar-refractivity contribution in [1.29, 1.82) is 0 Å². The fourth-order valence-corrected chi connectivity index (χ4v) is 4.33. The van der Waals surface area contributed by atoms with Crippen molar-refractivity contribution in [2.45, 2.75) is 32.4 Å². The molecule has 0 saturated carbocycles. The second-order valence-electron chi connectivity index (χ2n) is 7.56. The molecule has 136 valence electrons. The van der Waals surface area contributed by atoms with Crippen molar-refractivity contribution in [2.24, 2.45) is 5.41 Å². The van der Waals surface area contributed by atoms with Gasteiger partial charge in [-0.1, -0.05) is 18.2 Å². The Morgan fingerprint density at radius 1 is 1.04 bits per heavy atom. The van der Waals surface area contributed by atoms with Crippen LogP contribution in [0.2, 0.25) is 0 Å². The monoisotopic (exact) mass is 353 g/mol. The van der Waals surface area contributed by atoms with Crippen LogP contribution in [0.15, 0.2) is 48.8 Å². The Balaban J connectivity index is 1.43. The molecule has 5 heteroatoms. The Kier molecular flexibility index (Phi) is 4.72. The third kappa shape index (κ3) is 3.49. The number of benzene rings is 1. The van der Waals surface area contributed by atoms with E-state index in [0.717, 1.165) is 51.0 Å². The van der Waals surface area contributed by atoms with Crippen LogP contribution in [0.25, 0.3) is 0 Å². The molecule has 2 saturated heterocycles. The average Bonchev–Trinajstić information content (AvgIpc) is 3.05. The van der Waals surface area contributed by atoms with Gasteiger partial charge in [0.1, 0.15) is 5.82 Å². The number of carbonyl (C=O) groups is 1. The number of amides is 1.